The molecule has 0 bridgehead atoms. The highest BCUT2D eigenvalue weighted by molar-refractivity contribution is 7.00. The third-order valence-corrected chi connectivity index (χ3v) is 17.0. The van der Waals surface area contributed by atoms with Gasteiger partial charge in [0.1, 0.15) is 0 Å². The van der Waals surface area contributed by atoms with Crippen LogP contribution in [-0.4, -0.2) is 11.3 Å². The van der Waals surface area contributed by atoms with Crippen molar-refractivity contribution >= 4 is 67.7 Å². The number of rotatable bonds is 1. The van der Waals surface area contributed by atoms with E-state index in [1.807, 2.05) is 0 Å². The van der Waals surface area contributed by atoms with Crippen LogP contribution in [-0.2, 0) is 34.7 Å². The molecule has 4 heteroatoms. The van der Waals surface area contributed by atoms with Gasteiger partial charge in [0.25, 0.3) is 6.71 Å². The van der Waals surface area contributed by atoms with Crippen LogP contribution in [0.4, 0.5) is 22.7 Å². The highest BCUT2D eigenvalue weighted by atomic mass is 15.3. The number of nitrogens with zero attached hydrogens (tertiary/aromatic N) is 3. The Labute approximate surface area is 340 Å². The molecule has 0 amide bonds. The molecule has 7 aromatic carbocycles. The van der Waals surface area contributed by atoms with Gasteiger partial charge in [-0.1, -0.05) is 135 Å². The lowest BCUT2D eigenvalue weighted by Gasteiger charge is -2.54. The molecule has 58 heavy (non-hydrogen) atoms. The first-order valence-electron chi connectivity index (χ1n) is 21.5. The predicted octanol–water partition coefficient (Wildman–Crippen LogP) is 10.5. The van der Waals surface area contributed by atoms with Crippen molar-refractivity contribution < 1.29 is 0 Å². The van der Waals surface area contributed by atoms with Crippen LogP contribution in [0.1, 0.15) is 73.9 Å². The molecule has 4 unspecified atom stereocenters. The first-order chi connectivity index (χ1) is 28.3. The molecule has 2 aliphatic carbocycles. The molecule has 0 fully saturated rings. The number of fused-ring (bicyclic) bond motifs is 17. The quantitative estimate of drug-likeness (QED) is 0.155. The number of aryl methyl sites for hydroxylation is 2. The van der Waals surface area contributed by atoms with Crippen LogP contribution in [0, 0.1) is 0 Å². The maximum atomic E-state index is 2.86. The van der Waals surface area contributed by atoms with Gasteiger partial charge in [-0.25, -0.2) is 0 Å². The van der Waals surface area contributed by atoms with Crippen molar-refractivity contribution in [2.75, 3.05) is 9.80 Å². The van der Waals surface area contributed by atoms with Crippen LogP contribution in [0.3, 0.4) is 0 Å². The van der Waals surface area contributed by atoms with Gasteiger partial charge in [-0.2, -0.15) is 0 Å². The van der Waals surface area contributed by atoms with E-state index in [0.29, 0.717) is 0 Å². The highest BCUT2D eigenvalue weighted by Gasteiger charge is 2.64. The molecule has 4 atom stereocenters. The van der Waals surface area contributed by atoms with Crippen LogP contribution >= 0.6 is 0 Å². The standard InChI is InChI=1S/C54H44BN3/c1-51-29-27-33-15-5-8-19-38(33)53(51,3)57(45-26-12-10-21-40(45)51)35-31-46-48-47(32-35)58-50-41(52(2)30-28-34-16-6-9-20-39(34)54(52,58)4)22-14-24-43(50)55(48)42-23-13-18-37-36-17-7-11-25-44(36)56(46)49(37)42/h5-26,31-32H,27-30H2,1-4H3. The first kappa shape index (κ1) is 32.0. The maximum absolute atomic E-state index is 2.86. The van der Waals surface area contributed by atoms with Gasteiger partial charge >= 0.3 is 0 Å². The van der Waals surface area contributed by atoms with Gasteiger partial charge in [-0.3, -0.25) is 0 Å². The van der Waals surface area contributed by atoms with Gasteiger partial charge in [0.05, 0.1) is 16.6 Å². The Bertz CT molecular complexity index is 3190. The number of para-hydroxylation sites is 4. The van der Waals surface area contributed by atoms with E-state index in [1.54, 1.807) is 0 Å². The summed E-state index contributed by atoms with van der Waals surface area (Å²) in [6, 6.07) is 56.8. The normalized spacial score (nSPS) is 26.2. The van der Waals surface area contributed by atoms with Gasteiger partial charge in [-0.15, -0.1) is 0 Å². The average molecular weight is 746 g/mol. The highest BCUT2D eigenvalue weighted by Crippen LogP contribution is 2.67. The van der Waals surface area contributed by atoms with E-state index in [2.05, 4.69) is 188 Å². The van der Waals surface area contributed by atoms with Gasteiger partial charge < -0.3 is 14.4 Å². The van der Waals surface area contributed by atoms with E-state index in [9.17, 15) is 0 Å². The van der Waals surface area contributed by atoms with Crippen molar-refractivity contribution in [2.24, 2.45) is 0 Å². The van der Waals surface area contributed by atoms with E-state index in [1.165, 1.54) is 100 Å². The number of aromatic nitrogens is 1. The zero-order chi connectivity index (χ0) is 38.5. The number of anilines is 4. The lowest BCUT2D eigenvalue weighted by atomic mass is 9.33. The molecule has 0 spiro atoms. The van der Waals surface area contributed by atoms with Crippen LogP contribution in [0.5, 0.6) is 0 Å². The lowest BCUT2D eigenvalue weighted by Crippen LogP contribution is -2.63. The van der Waals surface area contributed by atoms with Gasteiger partial charge in [0, 0.05) is 55.6 Å². The summed E-state index contributed by atoms with van der Waals surface area (Å²) in [7, 11) is 0. The molecule has 0 radical (unpaired) electrons. The summed E-state index contributed by atoms with van der Waals surface area (Å²) in [6.45, 7) is 10.4. The fourth-order valence-corrected chi connectivity index (χ4v) is 14.1. The minimum atomic E-state index is -0.300. The third kappa shape index (κ3) is 3.26. The van der Waals surface area contributed by atoms with Crippen molar-refractivity contribution in [3.05, 3.63) is 179 Å². The summed E-state index contributed by atoms with van der Waals surface area (Å²) in [5.41, 5.74) is 21.8. The molecule has 5 heterocycles. The molecule has 4 aliphatic heterocycles. The van der Waals surface area contributed by atoms with Crippen molar-refractivity contribution in [3.8, 4) is 5.69 Å². The minimum Gasteiger partial charge on any atom is -0.331 e. The minimum absolute atomic E-state index is 0.0755. The van der Waals surface area contributed by atoms with Crippen molar-refractivity contribution in [1.29, 1.82) is 0 Å². The molecular weight excluding hydrogens is 701 g/mol. The Morgan fingerprint density at radius 2 is 1.05 bits per heavy atom. The second-order valence-corrected chi connectivity index (χ2v) is 19.0. The molecule has 1 aromatic heterocycles. The summed E-state index contributed by atoms with van der Waals surface area (Å²) in [6.07, 6.45) is 4.42. The fourth-order valence-electron chi connectivity index (χ4n) is 14.1. The molecule has 0 saturated carbocycles. The van der Waals surface area contributed by atoms with Crippen LogP contribution in [0.2, 0.25) is 0 Å². The molecule has 0 saturated heterocycles. The van der Waals surface area contributed by atoms with E-state index >= 15 is 0 Å². The van der Waals surface area contributed by atoms with E-state index < -0.39 is 0 Å². The Kier molecular flexibility index (Phi) is 5.61. The molecule has 14 rings (SSSR count). The van der Waals surface area contributed by atoms with Crippen LogP contribution in [0.15, 0.2) is 146 Å². The summed E-state index contributed by atoms with van der Waals surface area (Å²) >= 11 is 0. The van der Waals surface area contributed by atoms with E-state index in [0.717, 1.165) is 25.7 Å². The Morgan fingerprint density at radius 3 is 1.83 bits per heavy atom. The molecule has 3 nitrogen and oxygen atoms in total. The second-order valence-electron chi connectivity index (χ2n) is 19.0. The zero-order valence-electron chi connectivity index (χ0n) is 33.6. The fraction of sp³-hybridized carbons (Fsp3) is 0.222. The molecule has 6 aliphatic rings. The zero-order valence-corrected chi connectivity index (χ0v) is 33.6. The number of hydrogen-bond acceptors (Lipinski definition) is 2. The molecule has 8 aromatic rings. The summed E-state index contributed by atoms with van der Waals surface area (Å²) in [5.74, 6) is 0. The predicted molar refractivity (Wildman–Crippen MR) is 242 cm³/mol. The molecule has 278 valence electrons. The molecule has 0 N–H and O–H groups in total. The van der Waals surface area contributed by atoms with Gasteiger partial charge in [0.2, 0.25) is 0 Å². The van der Waals surface area contributed by atoms with Crippen molar-refractivity contribution in [2.45, 2.75) is 75.3 Å². The third-order valence-electron chi connectivity index (χ3n) is 17.0. The van der Waals surface area contributed by atoms with E-state index in [-0.39, 0.29) is 28.6 Å². The van der Waals surface area contributed by atoms with Crippen molar-refractivity contribution in [3.63, 3.8) is 0 Å². The topological polar surface area (TPSA) is 11.4 Å². The summed E-state index contributed by atoms with van der Waals surface area (Å²) < 4.78 is 2.65. The van der Waals surface area contributed by atoms with Crippen molar-refractivity contribution in [1.82, 2.24) is 4.57 Å². The smallest absolute Gasteiger partial charge is 0.252 e. The summed E-state index contributed by atoms with van der Waals surface area (Å²) in [4.78, 5) is 5.65. The van der Waals surface area contributed by atoms with Gasteiger partial charge in [0.15, 0.2) is 0 Å². The Hall–Kier alpha value is -6.00. The Morgan fingerprint density at radius 1 is 0.483 bits per heavy atom. The Balaban J connectivity index is 1.16. The first-order valence-corrected chi connectivity index (χ1v) is 21.5. The largest absolute Gasteiger partial charge is 0.331 e. The maximum Gasteiger partial charge on any atom is 0.252 e. The average Bonchev–Trinajstić information content (AvgIpc) is 3.79. The van der Waals surface area contributed by atoms with E-state index in [4.69, 9.17) is 0 Å². The molecular formula is C54H44BN3. The summed E-state index contributed by atoms with van der Waals surface area (Å²) in [5, 5.41) is 2.66. The number of benzene rings is 7. The number of hydrogen-bond donors (Lipinski definition) is 0. The monoisotopic (exact) mass is 745 g/mol. The lowest BCUT2D eigenvalue weighted by molar-refractivity contribution is 0.244. The van der Waals surface area contributed by atoms with Gasteiger partial charge in [-0.05, 0) is 114 Å². The van der Waals surface area contributed by atoms with Crippen LogP contribution < -0.4 is 26.2 Å². The van der Waals surface area contributed by atoms with Crippen LogP contribution in [0.25, 0.3) is 27.5 Å². The SMILES string of the molecule is CC12CCc3ccccc3C1(C)N(c1cc3c4c(c1)-n1c5ccccc5c5cccc(c51)B4c1cccc4c1N3C1(C)c3ccccc3CCC41C)c1ccccc12. The second kappa shape index (κ2) is 10.2.